The second-order valence-corrected chi connectivity index (χ2v) is 3.60. The van der Waals surface area contributed by atoms with Gasteiger partial charge in [0.15, 0.2) is 6.61 Å². The molecule has 4 nitrogen and oxygen atoms in total. The first-order valence-electron chi connectivity index (χ1n) is 5.38. The Kier molecular flexibility index (Phi) is 5.36. The minimum atomic E-state index is -0.116. The molecule has 0 aromatic heterocycles. The van der Waals surface area contributed by atoms with Crippen molar-refractivity contribution in [3.05, 3.63) is 29.8 Å². The maximum Gasteiger partial charge on any atom is 0.257 e. The third kappa shape index (κ3) is 4.79. The van der Waals surface area contributed by atoms with Crippen LogP contribution in [0.2, 0.25) is 0 Å². The number of carbonyl (C=O) groups excluding carboxylic acids is 1. The van der Waals surface area contributed by atoms with Crippen LogP contribution in [0.25, 0.3) is 0 Å². The number of nitrogens with two attached hydrogens (primary N) is 1. The number of rotatable bonds is 6. The summed E-state index contributed by atoms with van der Waals surface area (Å²) >= 11 is 0. The Morgan fingerprint density at radius 3 is 3.00 bits per heavy atom. The minimum Gasteiger partial charge on any atom is -0.484 e. The lowest BCUT2D eigenvalue weighted by atomic mass is 10.2. The Labute approximate surface area is 95.8 Å². The van der Waals surface area contributed by atoms with E-state index in [4.69, 9.17) is 10.5 Å². The van der Waals surface area contributed by atoms with Gasteiger partial charge in [0.2, 0.25) is 0 Å². The molecular weight excluding hydrogens is 204 g/mol. The summed E-state index contributed by atoms with van der Waals surface area (Å²) in [5, 5.41) is 2.72. The zero-order valence-electron chi connectivity index (χ0n) is 9.53. The van der Waals surface area contributed by atoms with Crippen LogP contribution >= 0.6 is 0 Å². The molecule has 0 spiro atoms. The van der Waals surface area contributed by atoms with Crippen LogP contribution in [0.5, 0.6) is 5.75 Å². The van der Waals surface area contributed by atoms with Crippen LogP contribution in [0.1, 0.15) is 12.0 Å². The number of hydrogen-bond donors (Lipinski definition) is 2. The van der Waals surface area contributed by atoms with Gasteiger partial charge >= 0.3 is 0 Å². The maximum absolute atomic E-state index is 11.3. The van der Waals surface area contributed by atoms with Gasteiger partial charge in [-0.25, -0.2) is 0 Å². The van der Waals surface area contributed by atoms with Gasteiger partial charge in [-0.15, -0.1) is 0 Å². The first kappa shape index (κ1) is 12.5. The van der Waals surface area contributed by atoms with E-state index in [-0.39, 0.29) is 12.5 Å². The van der Waals surface area contributed by atoms with Gasteiger partial charge in [-0.3, -0.25) is 4.79 Å². The maximum atomic E-state index is 11.3. The molecule has 88 valence electrons. The summed E-state index contributed by atoms with van der Waals surface area (Å²) in [4.78, 5) is 11.3. The third-order valence-electron chi connectivity index (χ3n) is 2.06. The monoisotopic (exact) mass is 222 g/mol. The van der Waals surface area contributed by atoms with Crippen molar-refractivity contribution in [2.24, 2.45) is 5.73 Å². The van der Waals surface area contributed by atoms with Gasteiger partial charge in [-0.2, -0.15) is 0 Å². The highest BCUT2D eigenvalue weighted by molar-refractivity contribution is 5.77. The van der Waals surface area contributed by atoms with Crippen molar-refractivity contribution in [3.63, 3.8) is 0 Å². The van der Waals surface area contributed by atoms with E-state index in [1.165, 1.54) is 0 Å². The van der Waals surface area contributed by atoms with Crippen LogP contribution in [-0.4, -0.2) is 25.6 Å². The van der Waals surface area contributed by atoms with Gasteiger partial charge in [-0.05, 0) is 37.6 Å². The minimum absolute atomic E-state index is 0.0496. The average molecular weight is 222 g/mol. The molecule has 0 atom stereocenters. The van der Waals surface area contributed by atoms with Crippen molar-refractivity contribution in [2.45, 2.75) is 13.3 Å². The van der Waals surface area contributed by atoms with Crippen molar-refractivity contribution in [2.75, 3.05) is 19.7 Å². The van der Waals surface area contributed by atoms with E-state index < -0.39 is 0 Å². The van der Waals surface area contributed by atoms with Crippen molar-refractivity contribution < 1.29 is 9.53 Å². The van der Waals surface area contributed by atoms with E-state index in [0.717, 1.165) is 12.0 Å². The molecule has 0 radical (unpaired) electrons. The van der Waals surface area contributed by atoms with Gasteiger partial charge < -0.3 is 15.8 Å². The topological polar surface area (TPSA) is 64.3 Å². The Hall–Kier alpha value is -1.55. The molecule has 0 bridgehead atoms. The molecule has 0 saturated carbocycles. The average Bonchev–Trinajstić information content (AvgIpc) is 2.27. The number of amides is 1. The van der Waals surface area contributed by atoms with Crippen LogP contribution in [0.3, 0.4) is 0 Å². The predicted octanol–water partition coefficient (Wildman–Crippen LogP) is 0.839. The highest BCUT2D eigenvalue weighted by atomic mass is 16.5. The van der Waals surface area contributed by atoms with Gasteiger partial charge in [0.25, 0.3) is 5.91 Å². The lowest BCUT2D eigenvalue weighted by Crippen LogP contribution is -2.30. The lowest BCUT2D eigenvalue weighted by molar-refractivity contribution is -0.123. The second kappa shape index (κ2) is 6.85. The van der Waals surface area contributed by atoms with E-state index >= 15 is 0 Å². The van der Waals surface area contributed by atoms with Crippen LogP contribution in [0.4, 0.5) is 0 Å². The Balaban J connectivity index is 2.26. The SMILES string of the molecule is Cc1cccc(OCC(=O)NCCCN)c1. The van der Waals surface area contributed by atoms with Crippen molar-refractivity contribution in [1.29, 1.82) is 0 Å². The molecule has 0 saturated heterocycles. The van der Waals surface area contributed by atoms with E-state index in [1.807, 2.05) is 31.2 Å². The fourth-order valence-corrected chi connectivity index (χ4v) is 1.23. The zero-order chi connectivity index (χ0) is 11.8. The molecule has 1 rings (SSSR count). The molecule has 0 aliphatic carbocycles. The van der Waals surface area contributed by atoms with Gasteiger partial charge in [0.05, 0.1) is 0 Å². The fraction of sp³-hybridized carbons (Fsp3) is 0.417. The van der Waals surface area contributed by atoms with Gasteiger partial charge in [0.1, 0.15) is 5.75 Å². The summed E-state index contributed by atoms with van der Waals surface area (Å²) in [5.74, 6) is 0.601. The number of nitrogens with one attached hydrogen (secondary N) is 1. The first-order valence-corrected chi connectivity index (χ1v) is 5.38. The highest BCUT2D eigenvalue weighted by Gasteiger charge is 2.01. The van der Waals surface area contributed by atoms with Crippen LogP contribution < -0.4 is 15.8 Å². The number of aryl methyl sites for hydroxylation is 1. The first-order chi connectivity index (χ1) is 7.72. The van der Waals surface area contributed by atoms with Crippen LogP contribution in [-0.2, 0) is 4.79 Å². The smallest absolute Gasteiger partial charge is 0.257 e. The molecule has 1 amide bonds. The quantitative estimate of drug-likeness (QED) is 0.701. The van der Waals surface area contributed by atoms with Crippen molar-refractivity contribution >= 4 is 5.91 Å². The molecule has 0 fully saturated rings. The molecule has 0 heterocycles. The number of hydrogen-bond acceptors (Lipinski definition) is 3. The highest BCUT2D eigenvalue weighted by Crippen LogP contribution is 2.11. The Bertz CT molecular complexity index is 340. The summed E-state index contributed by atoms with van der Waals surface area (Å²) in [6, 6.07) is 7.61. The number of ether oxygens (including phenoxy) is 1. The molecule has 0 aliphatic rings. The van der Waals surface area contributed by atoms with Gasteiger partial charge in [0, 0.05) is 6.54 Å². The van der Waals surface area contributed by atoms with Crippen molar-refractivity contribution in [1.82, 2.24) is 5.32 Å². The van der Waals surface area contributed by atoms with E-state index in [1.54, 1.807) is 0 Å². The molecule has 3 N–H and O–H groups in total. The van der Waals surface area contributed by atoms with Gasteiger partial charge in [-0.1, -0.05) is 12.1 Å². The van der Waals surface area contributed by atoms with E-state index in [9.17, 15) is 4.79 Å². The molecule has 16 heavy (non-hydrogen) atoms. The molecule has 1 aromatic carbocycles. The number of benzene rings is 1. The van der Waals surface area contributed by atoms with Crippen LogP contribution in [0.15, 0.2) is 24.3 Å². The molecule has 4 heteroatoms. The molecule has 0 unspecified atom stereocenters. The van der Waals surface area contributed by atoms with Crippen molar-refractivity contribution in [3.8, 4) is 5.75 Å². The summed E-state index contributed by atoms with van der Waals surface area (Å²) < 4.78 is 5.34. The largest absolute Gasteiger partial charge is 0.484 e. The van der Waals surface area contributed by atoms with E-state index in [0.29, 0.717) is 18.8 Å². The summed E-state index contributed by atoms with van der Waals surface area (Å²) in [5.41, 5.74) is 6.43. The molecule has 1 aromatic rings. The summed E-state index contributed by atoms with van der Waals surface area (Å²) in [6.07, 6.45) is 0.788. The predicted molar refractivity (Wildman–Crippen MR) is 63.4 cm³/mol. The second-order valence-electron chi connectivity index (χ2n) is 3.60. The Morgan fingerprint density at radius 1 is 1.50 bits per heavy atom. The standard InChI is InChI=1S/C12H18N2O2/c1-10-4-2-5-11(8-10)16-9-12(15)14-7-3-6-13/h2,4-5,8H,3,6-7,9,13H2,1H3,(H,14,15). The Morgan fingerprint density at radius 2 is 2.31 bits per heavy atom. The molecular formula is C12H18N2O2. The fourth-order valence-electron chi connectivity index (χ4n) is 1.23. The number of carbonyl (C=O) groups is 1. The third-order valence-corrected chi connectivity index (χ3v) is 2.06. The normalized spacial score (nSPS) is 9.88. The summed E-state index contributed by atoms with van der Waals surface area (Å²) in [6.45, 7) is 3.22. The lowest BCUT2D eigenvalue weighted by Gasteiger charge is -2.07. The van der Waals surface area contributed by atoms with E-state index in [2.05, 4.69) is 5.32 Å². The molecule has 0 aliphatic heterocycles. The van der Waals surface area contributed by atoms with Crippen LogP contribution in [0, 0.1) is 6.92 Å². The zero-order valence-corrected chi connectivity index (χ0v) is 9.53. The summed E-state index contributed by atoms with van der Waals surface area (Å²) in [7, 11) is 0.